The maximum atomic E-state index is 10.4. The van der Waals surface area contributed by atoms with Crippen molar-refractivity contribution in [3.8, 4) is 10.6 Å². The third kappa shape index (κ3) is 4.83. The van der Waals surface area contributed by atoms with Crippen molar-refractivity contribution in [1.29, 1.82) is 0 Å². The molecule has 8 rings (SSSR count). The number of thiazole rings is 1. The van der Waals surface area contributed by atoms with Crippen LogP contribution in [0.4, 0.5) is 11.8 Å². The fourth-order valence-electron chi connectivity index (χ4n) is 6.25. The maximum absolute atomic E-state index is 10.4. The lowest BCUT2D eigenvalue weighted by Gasteiger charge is -2.23. The van der Waals surface area contributed by atoms with Gasteiger partial charge in [-0.15, -0.1) is 11.3 Å². The number of aliphatic hydroxyl groups is 2. The highest BCUT2D eigenvalue weighted by molar-refractivity contribution is 7.21. The van der Waals surface area contributed by atoms with Gasteiger partial charge in [-0.1, -0.05) is 30.3 Å². The fourth-order valence-corrected chi connectivity index (χ4v) is 7.31. The second-order valence-corrected chi connectivity index (χ2v) is 13.2. The van der Waals surface area contributed by atoms with Crippen LogP contribution in [0.5, 0.6) is 0 Å². The Balaban J connectivity index is 1.15. The molecule has 0 amide bonds. The summed E-state index contributed by atoms with van der Waals surface area (Å²) in [4.78, 5) is 19.5. The second-order valence-electron chi connectivity index (χ2n) is 12.1. The minimum absolute atomic E-state index is 0.0140. The summed E-state index contributed by atoms with van der Waals surface area (Å²) in [6.07, 6.45) is 5.43. The van der Waals surface area contributed by atoms with Gasteiger partial charge in [-0.25, -0.2) is 9.97 Å². The standard InChI is InChI=1S/C31H34N6O4S/c1-16-22(28-36-24-21(42-28)9-12-32-23(24)17-7-8-17)27(37-30(34-16)33-15-31(39)10-11-31)35-20-13-19(14-38)25-26(20)41-29(40-25)18-5-3-2-4-6-18/h2-6,9,12,17,19-20,25-26,29,38-39H,7-8,10-11,13-15H2,1H3,(H2,33,34,35,37)/t19-,20-,25-,26+,29?/m1/s1. The number of pyridine rings is 1. The minimum atomic E-state index is -0.683. The van der Waals surface area contributed by atoms with Crippen molar-refractivity contribution >= 4 is 33.3 Å². The summed E-state index contributed by atoms with van der Waals surface area (Å²) in [5.74, 6) is 1.53. The smallest absolute Gasteiger partial charge is 0.225 e. The van der Waals surface area contributed by atoms with E-state index in [-0.39, 0.29) is 30.8 Å². The lowest BCUT2D eigenvalue weighted by atomic mass is 10.1. The molecule has 10 nitrogen and oxygen atoms in total. The van der Waals surface area contributed by atoms with Gasteiger partial charge in [-0.3, -0.25) is 4.98 Å². The van der Waals surface area contributed by atoms with Gasteiger partial charge in [0.2, 0.25) is 5.95 Å². The summed E-state index contributed by atoms with van der Waals surface area (Å²) < 4.78 is 13.9. The molecule has 0 spiro atoms. The number of aliphatic hydroxyl groups excluding tert-OH is 1. The average molecular weight is 587 g/mol. The lowest BCUT2D eigenvalue weighted by Crippen LogP contribution is -2.34. The van der Waals surface area contributed by atoms with Crippen LogP contribution in [-0.2, 0) is 9.47 Å². The van der Waals surface area contributed by atoms with Gasteiger partial charge in [-0.05, 0) is 45.1 Å². The second kappa shape index (κ2) is 10.2. The predicted octanol–water partition coefficient (Wildman–Crippen LogP) is 4.55. The third-order valence-electron chi connectivity index (χ3n) is 8.94. The number of nitrogens with zero attached hydrogens (tertiary/aromatic N) is 4. The van der Waals surface area contributed by atoms with Crippen LogP contribution in [0.3, 0.4) is 0 Å². The van der Waals surface area contributed by atoms with Crippen LogP contribution in [0.15, 0.2) is 42.6 Å². The molecule has 0 bridgehead atoms. The first-order chi connectivity index (χ1) is 20.5. The van der Waals surface area contributed by atoms with Gasteiger partial charge in [0.1, 0.15) is 22.4 Å². The highest BCUT2D eigenvalue weighted by atomic mass is 32.1. The molecule has 0 radical (unpaired) electrons. The Kier molecular flexibility index (Phi) is 6.41. The first kappa shape index (κ1) is 26.4. The number of aryl methyl sites for hydroxylation is 1. The topological polar surface area (TPSA) is 135 Å². The zero-order valence-corrected chi connectivity index (χ0v) is 24.2. The van der Waals surface area contributed by atoms with Crippen LogP contribution in [0.25, 0.3) is 20.8 Å². The molecule has 4 heterocycles. The van der Waals surface area contributed by atoms with Crippen LogP contribution in [0.2, 0.25) is 0 Å². The van der Waals surface area contributed by atoms with E-state index >= 15 is 0 Å². The molecule has 5 atom stereocenters. The van der Waals surface area contributed by atoms with E-state index in [9.17, 15) is 10.2 Å². The molecule has 1 saturated heterocycles. The SMILES string of the molecule is Cc1nc(NCC2(O)CC2)nc(N[C@@H]2C[C@H](CO)[C@H]3OC(c4ccccc4)O[C@H]32)c1-c1nc2c(C3CC3)nccc2s1. The molecular formula is C31H34N6O4S. The molecule has 42 heavy (non-hydrogen) atoms. The van der Waals surface area contributed by atoms with Crippen LogP contribution >= 0.6 is 11.3 Å². The molecule has 4 N–H and O–H groups in total. The van der Waals surface area contributed by atoms with Crippen LogP contribution in [0.1, 0.15) is 61.3 Å². The Labute approximate surface area is 247 Å². The predicted molar refractivity (Wildman–Crippen MR) is 159 cm³/mol. The Hall–Kier alpha value is -3.22. The number of fused-ring (bicyclic) bond motifs is 2. The molecule has 1 aliphatic heterocycles. The van der Waals surface area contributed by atoms with Crippen molar-refractivity contribution in [2.75, 3.05) is 23.8 Å². The Morgan fingerprint density at radius 1 is 1.05 bits per heavy atom. The number of benzene rings is 1. The van der Waals surface area contributed by atoms with Gasteiger partial charge in [0.25, 0.3) is 0 Å². The summed E-state index contributed by atoms with van der Waals surface area (Å²) in [5.41, 5.74) is 3.94. The zero-order chi connectivity index (χ0) is 28.4. The van der Waals surface area contributed by atoms with Crippen LogP contribution in [0, 0.1) is 12.8 Å². The Bertz CT molecular complexity index is 1620. The number of nitrogens with one attached hydrogen (secondary N) is 2. The zero-order valence-electron chi connectivity index (χ0n) is 23.4. The number of hydrogen-bond acceptors (Lipinski definition) is 11. The molecule has 11 heteroatoms. The number of rotatable bonds is 9. The largest absolute Gasteiger partial charge is 0.396 e. The first-order valence-corrected chi connectivity index (χ1v) is 15.6. The van der Waals surface area contributed by atoms with E-state index in [0.717, 1.165) is 63.4 Å². The highest BCUT2D eigenvalue weighted by Crippen LogP contribution is 2.46. The van der Waals surface area contributed by atoms with Crippen molar-refractivity contribution in [2.45, 2.75) is 75.1 Å². The summed E-state index contributed by atoms with van der Waals surface area (Å²) in [7, 11) is 0. The average Bonchev–Trinajstić information content (AvgIpc) is 3.84. The van der Waals surface area contributed by atoms with E-state index < -0.39 is 11.9 Å². The number of hydrogen-bond donors (Lipinski definition) is 4. The van der Waals surface area contributed by atoms with E-state index in [0.29, 0.717) is 30.6 Å². The monoisotopic (exact) mass is 586 g/mol. The van der Waals surface area contributed by atoms with Crippen molar-refractivity contribution in [1.82, 2.24) is 19.9 Å². The summed E-state index contributed by atoms with van der Waals surface area (Å²) in [6, 6.07) is 11.8. The van der Waals surface area contributed by atoms with Gasteiger partial charge < -0.3 is 30.3 Å². The Morgan fingerprint density at radius 2 is 1.86 bits per heavy atom. The van der Waals surface area contributed by atoms with Gasteiger partial charge >= 0.3 is 0 Å². The minimum Gasteiger partial charge on any atom is -0.396 e. The van der Waals surface area contributed by atoms with E-state index in [1.165, 1.54) is 0 Å². The van der Waals surface area contributed by atoms with E-state index in [1.54, 1.807) is 11.3 Å². The fraction of sp³-hybridized carbons (Fsp3) is 0.484. The molecule has 4 fully saturated rings. The summed E-state index contributed by atoms with van der Waals surface area (Å²) in [5, 5.41) is 28.4. The van der Waals surface area contributed by atoms with Crippen molar-refractivity contribution in [3.05, 3.63) is 59.5 Å². The van der Waals surface area contributed by atoms with Crippen molar-refractivity contribution < 1.29 is 19.7 Å². The molecule has 3 aliphatic carbocycles. The van der Waals surface area contributed by atoms with E-state index in [4.69, 9.17) is 24.4 Å². The number of aromatic nitrogens is 4. The lowest BCUT2D eigenvalue weighted by molar-refractivity contribution is -0.0866. The maximum Gasteiger partial charge on any atom is 0.225 e. The van der Waals surface area contributed by atoms with Crippen molar-refractivity contribution in [3.63, 3.8) is 0 Å². The molecule has 4 aliphatic rings. The van der Waals surface area contributed by atoms with Gasteiger partial charge in [-0.2, -0.15) is 4.98 Å². The van der Waals surface area contributed by atoms with Crippen molar-refractivity contribution in [2.24, 2.45) is 5.92 Å². The molecule has 3 aromatic heterocycles. The Morgan fingerprint density at radius 3 is 2.62 bits per heavy atom. The molecule has 218 valence electrons. The highest BCUT2D eigenvalue weighted by Gasteiger charge is 2.52. The summed E-state index contributed by atoms with van der Waals surface area (Å²) in [6.45, 7) is 2.39. The molecule has 4 aromatic rings. The first-order valence-electron chi connectivity index (χ1n) is 14.8. The van der Waals surface area contributed by atoms with Gasteiger partial charge in [0, 0.05) is 36.7 Å². The van der Waals surface area contributed by atoms with Crippen LogP contribution < -0.4 is 10.6 Å². The number of ether oxygens (including phenoxy) is 2. The molecule has 1 aromatic carbocycles. The quantitative estimate of drug-likeness (QED) is 0.221. The molecule has 3 saturated carbocycles. The third-order valence-corrected chi connectivity index (χ3v) is 9.98. The summed E-state index contributed by atoms with van der Waals surface area (Å²) >= 11 is 1.62. The molecular weight excluding hydrogens is 552 g/mol. The number of anilines is 2. The van der Waals surface area contributed by atoms with Crippen LogP contribution in [-0.4, -0.2) is 67.2 Å². The van der Waals surface area contributed by atoms with E-state index in [2.05, 4.69) is 15.6 Å². The van der Waals surface area contributed by atoms with E-state index in [1.807, 2.05) is 49.5 Å². The van der Waals surface area contributed by atoms with Gasteiger partial charge in [0.05, 0.1) is 39.4 Å². The van der Waals surface area contributed by atoms with Gasteiger partial charge in [0.15, 0.2) is 6.29 Å². The molecule has 1 unspecified atom stereocenters. The normalized spacial score (nSPS) is 27.7.